The summed E-state index contributed by atoms with van der Waals surface area (Å²) in [4.78, 5) is 0. The quantitative estimate of drug-likeness (QED) is 0.636. The Balaban J connectivity index is 0.000000324. The van der Waals surface area contributed by atoms with Crippen molar-refractivity contribution in [2.45, 2.75) is 25.7 Å². The van der Waals surface area contributed by atoms with Crippen LogP contribution in [-0.2, 0) is 29.9 Å². The summed E-state index contributed by atoms with van der Waals surface area (Å²) in [6.45, 7) is 0.594. The van der Waals surface area contributed by atoms with Crippen molar-refractivity contribution in [1.82, 2.24) is 0 Å². The molecule has 0 aliphatic carbocycles. The first-order valence-electron chi connectivity index (χ1n) is 6.49. The fourth-order valence-electron chi connectivity index (χ4n) is 1.73. The largest absolute Gasteiger partial charge is 2.00 e. The Morgan fingerprint density at radius 3 is 1.47 bits per heavy atom. The Kier molecular flexibility index (Phi) is 11.6. The molecule has 0 saturated heterocycles. The molecule has 2 aromatic carbocycles. The molecule has 19 heavy (non-hydrogen) atoms. The number of aliphatic hydroxyl groups excluding tert-OH is 2. The van der Waals surface area contributed by atoms with Crippen molar-refractivity contribution in [1.29, 1.82) is 0 Å². The van der Waals surface area contributed by atoms with Crippen LogP contribution in [0.3, 0.4) is 0 Å². The maximum atomic E-state index is 8.47. The molecular weight excluding hydrogens is 280 g/mol. The molecule has 0 bridgehead atoms. The fourth-order valence-corrected chi connectivity index (χ4v) is 1.73. The van der Waals surface area contributed by atoms with Gasteiger partial charge >= 0.3 is 17.1 Å². The van der Waals surface area contributed by atoms with E-state index in [1.54, 1.807) is 0 Å². The van der Waals surface area contributed by atoms with Crippen molar-refractivity contribution in [3.8, 4) is 0 Å². The van der Waals surface area contributed by atoms with Crippen molar-refractivity contribution < 1.29 is 27.3 Å². The maximum Gasteiger partial charge on any atom is 2.00 e. The fraction of sp³-hybridized carbons (Fsp3) is 0.375. The van der Waals surface area contributed by atoms with Crippen LogP contribution in [0, 0.1) is 0 Å². The minimum absolute atomic E-state index is 0. The van der Waals surface area contributed by atoms with E-state index in [-0.39, 0.29) is 17.1 Å². The predicted molar refractivity (Wildman–Crippen MR) is 74.9 cm³/mol. The van der Waals surface area contributed by atoms with Gasteiger partial charge in [-0.05, 0) is 25.7 Å². The molecule has 106 valence electrons. The van der Waals surface area contributed by atoms with Crippen LogP contribution in [0.1, 0.15) is 24.0 Å². The first-order valence-corrected chi connectivity index (χ1v) is 6.49. The smallest absolute Gasteiger partial charge is 0.396 e. The van der Waals surface area contributed by atoms with Gasteiger partial charge < -0.3 is 10.2 Å². The summed E-state index contributed by atoms with van der Waals surface area (Å²) in [6.07, 6.45) is 3.76. The maximum absolute atomic E-state index is 8.47. The van der Waals surface area contributed by atoms with Gasteiger partial charge in [-0.1, -0.05) is 0 Å². The first kappa shape index (κ1) is 18.1. The summed E-state index contributed by atoms with van der Waals surface area (Å²) < 4.78 is 0. The predicted octanol–water partition coefficient (Wildman–Crippen LogP) is 2.66. The van der Waals surface area contributed by atoms with Crippen molar-refractivity contribution in [2.75, 3.05) is 13.2 Å². The topological polar surface area (TPSA) is 40.5 Å². The second-order valence-electron chi connectivity index (χ2n) is 4.24. The van der Waals surface area contributed by atoms with Crippen LogP contribution < -0.4 is 0 Å². The molecule has 2 N–H and O–H groups in total. The summed E-state index contributed by atoms with van der Waals surface area (Å²) in [6, 6.07) is 16.4. The Morgan fingerprint density at radius 2 is 1.21 bits per heavy atom. The van der Waals surface area contributed by atoms with Gasteiger partial charge in [0.1, 0.15) is 0 Å². The van der Waals surface area contributed by atoms with Crippen molar-refractivity contribution in [3.63, 3.8) is 0 Å². The molecule has 0 aliphatic heterocycles. The van der Waals surface area contributed by atoms with E-state index in [1.807, 2.05) is 24.3 Å². The molecule has 0 aromatic heterocycles. The van der Waals surface area contributed by atoms with Crippen molar-refractivity contribution >= 4 is 0 Å². The zero-order chi connectivity index (χ0) is 13.1. The zero-order valence-electron chi connectivity index (χ0n) is 11.1. The van der Waals surface area contributed by atoms with Crippen LogP contribution in [0.2, 0.25) is 0 Å². The number of rotatable bonds is 6. The molecule has 3 heteroatoms. The third-order valence-corrected chi connectivity index (χ3v) is 2.71. The summed E-state index contributed by atoms with van der Waals surface area (Å²) in [5.41, 5.74) is 2.65. The second kappa shape index (κ2) is 12.2. The van der Waals surface area contributed by atoms with Gasteiger partial charge in [-0.15, -0.1) is 0 Å². The summed E-state index contributed by atoms with van der Waals surface area (Å²) in [5, 5.41) is 16.9. The molecule has 0 heterocycles. The van der Waals surface area contributed by atoms with E-state index in [2.05, 4.69) is 24.3 Å². The van der Waals surface area contributed by atoms with E-state index in [4.69, 9.17) is 10.2 Å². The Labute approximate surface area is 126 Å². The van der Waals surface area contributed by atoms with Crippen LogP contribution in [0.5, 0.6) is 0 Å². The standard InChI is InChI=1S/2C8H11O.Fe/c2*9-7-3-6-8-4-1-2-5-8;/h2*1-2,4-5,9H,3,6-7H2;/q2*-1;+2. The van der Waals surface area contributed by atoms with Gasteiger partial charge in [0.05, 0.1) is 0 Å². The molecule has 0 radical (unpaired) electrons. The Bertz CT molecular complexity index is 327. The van der Waals surface area contributed by atoms with Crippen LogP contribution in [0.25, 0.3) is 0 Å². The average Bonchev–Trinajstić information content (AvgIpc) is 3.07. The summed E-state index contributed by atoms with van der Waals surface area (Å²) >= 11 is 0. The molecular formula is C16H22FeO2. The summed E-state index contributed by atoms with van der Waals surface area (Å²) in [5.74, 6) is 0. The molecule has 0 atom stereocenters. The van der Waals surface area contributed by atoms with Crippen LogP contribution >= 0.6 is 0 Å². The molecule has 0 saturated carbocycles. The second-order valence-corrected chi connectivity index (χ2v) is 4.24. The number of hydrogen-bond donors (Lipinski definition) is 2. The molecule has 0 spiro atoms. The summed E-state index contributed by atoms with van der Waals surface area (Å²) in [7, 11) is 0. The van der Waals surface area contributed by atoms with E-state index < -0.39 is 0 Å². The Hall–Kier alpha value is -0.861. The third kappa shape index (κ3) is 8.79. The third-order valence-electron chi connectivity index (χ3n) is 2.71. The zero-order valence-corrected chi connectivity index (χ0v) is 12.2. The van der Waals surface area contributed by atoms with Gasteiger partial charge in [-0.25, -0.2) is 24.3 Å². The van der Waals surface area contributed by atoms with Crippen LogP contribution in [-0.4, -0.2) is 23.4 Å². The van der Waals surface area contributed by atoms with E-state index in [0.717, 1.165) is 25.7 Å². The van der Waals surface area contributed by atoms with E-state index >= 15 is 0 Å². The molecule has 0 amide bonds. The molecule has 0 unspecified atom stereocenters. The molecule has 0 fully saturated rings. The molecule has 2 aromatic rings. The number of aliphatic hydroxyl groups is 2. The number of hydrogen-bond acceptors (Lipinski definition) is 2. The van der Waals surface area contributed by atoms with Gasteiger partial charge in [0.2, 0.25) is 0 Å². The Morgan fingerprint density at radius 1 is 0.789 bits per heavy atom. The number of aryl methyl sites for hydroxylation is 2. The van der Waals surface area contributed by atoms with Gasteiger partial charge in [0.25, 0.3) is 0 Å². The molecule has 2 nitrogen and oxygen atoms in total. The van der Waals surface area contributed by atoms with Crippen LogP contribution in [0.15, 0.2) is 48.5 Å². The van der Waals surface area contributed by atoms with Gasteiger partial charge in [-0.3, -0.25) is 0 Å². The van der Waals surface area contributed by atoms with Crippen molar-refractivity contribution in [2.24, 2.45) is 0 Å². The normalized spacial score (nSPS) is 9.37. The van der Waals surface area contributed by atoms with Crippen LogP contribution in [0.4, 0.5) is 0 Å². The molecule has 0 aliphatic rings. The minimum Gasteiger partial charge on any atom is -0.396 e. The van der Waals surface area contributed by atoms with Gasteiger partial charge in [-0.2, -0.15) is 35.4 Å². The average molecular weight is 302 g/mol. The van der Waals surface area contributed by atoms with Crippen molar-refractivity contribution in [3.05, 3.63) is 59.7 Å². The monoisotopic (exact) mass is 302 g/mol. The SMILES string of the molecule is OCCCc1ccc[cH-]1.OCCCc1ccc[cH-]1.[Fe+2]. The van der Waals surface area contributed by atoms with Gasteiger partial charge in [0.15, 0.2) is 0 Å². The van der Waals surface area contributed by atoms with Gasteiger partial charge in [0, 0.05) is 13.2 Å². The first-order chi connectivity index (χ1) is 8.86. The minimum atomic E-state index is 0. The van der Waals surface area contributed by atoms with E-state index in [1.165, 1.54) is 11.1 Å². The van der Waals surface area contributed by atoms with E-state index in [9.17, 15) is 0 Å². The molecule has 2 rings (SSSR count). The van der Waals surface area contributed by atoms with E-state index in [0.29, 0.717) is 13.2 Å².